The maximum Gasteiger partial charge on any atom is 0.295 e. The summed E-state index contributed by atoms with van der Waals surface area (Å²) in [7, 11) is 0. The molecule has 1 amide bonds. The van der Waals surface area contributed by atoms with Crippen LogP contribution in [0, 0.1) is 12.7 Å². The molecule has 1 unspecified atom stereocenters. The van der Waals surface area contributed by atoms with E-state index in [4.69, 9.17) is 4.74 Å². The molecule has 7 heteroatoms. The van der Waals surface area contributed by atoms with E-state index in [2.05, 4.69) is 4.98 Å². The average molecular weight is 499 g/mol. The number of rotatable bonds is 6. The van der Waals surface area contributed by atoms with Crippen LogP contribution in [0.3, 0.4) is 0 Å². The van der Waals surface area contributed by atoms with Gasteiger partial charge in [0.1, 0.15) is 17.3 Å². The summed E-state index contributed by atoms with van der Waals surface area (Å²) in [6.07, 6.45) is -0.0129. The Balaban J connectivity index is 1.67. The molecule has 0 aliphatic carbocycles. The van der Waals surface area contributed by atoms with Crippen LogP contribution in [0.25, 0.3) is 16.7 Å². The molecule has 1 atom stereocenters. The molecule has 1 aliphatic heterocycles. The van der Waals surface area contributed by atoms with Crippen LogP contribution in [-0.4, -0.2) is 32.8 Å². The number of benzene rings is 3. The first-order chi connectivity index (χ1) is 17.7. The van der Waals surface area contributed by atoms with Crippen LogP contribution >= 0.6 is 0 Å². The number of nitrogens with zero attached hydrogens (tertiary/aromatic N) is 1. The van der Waals surface area contributed by atoms with Crippen molar-refractivity contribution >= 4 is 28.4 Å². The average Bonchev–Trinajstić information content (AvgIpc) is 3.32. The van der Waals surface area contributed by atoms with Crippen molar-refractivity contribution in [1.82, 2.24) is 9.88 Å². The monoisotopic (exact) mass is 498 g/mol. The molecule has 5 rings (SSSR count). The number of likely N-dealkylation sites (tertiary alicyclic amines) is 1. The van der Waals surface area contributed by atoms with Crippen molar-refractivity contribution in [2.45, 2.75) is 39.5 Å². The van der Waals surface area contributed by atoms with E-state index in [1.807, 2.05) is 45.0 Å². The second kappa shape index (κ2) is 9.58. The number of hydrogen-bond acceptors (Lipinski definition) is 4. The van der Waals surface area contributed by atoms with E-state index in [1.54, 1.807) is 36.4 Å². The summed E-state index contributed by atoms with van der Waals surface area (Å²) in [6.45, 7) is 5.79. The Labute approximate surface area is 214 Å². The normalized spacial score (nSPS) is 17.2. The van der Waals surface area contributed by atoms with Crippen molar-refractivity contribution < 1.29 is 23.8 Å². The van der Waals surface area contributed by atoms with Crippen molar-refractivity contribution in [2.75, 3.05) is 0 Å². The van der Waals surface area contributed by atoms with Gasteiger partial charge in [-0.2, -0.15) is 0 Å². The van der Waals surface area contributed by atoms with Gasteiger partial charge in [-0.25, -0.2) is 4.39 Å². The fourth-order valence-electron chi connectivity index (χ4n) is 4.90. The number of Topliss-reactive ketones (excluding diaryl/α,β-unsaturated/α-hetero) is 1. The van der Waals surface area contributed by atoms with Gasteiger partial charge in [0.2, 0.25) is 0 Å². The molecule has 0 bridgehead atoms. The molecule has 6 nitrogen and oxygen atoms in total. The lowest BCUT2D eigenvalue weighted by Crippen LogP contribution is -2.29. The minimum Gasteiger partial charge on any atom is -0.507 e. The van der Waals surface area contributed by atoms with Crippen LogP contribution < -0.4 is 4.74 Å². The van der Waals surface area contributed by atoms with Crippen molar-refractivity contribution in [2.24, 2.45) is 0 Å². The Morgan fingerprint density at radius 1 is 1.03 bits per heavy atom. The van der Waals surface area contributed by atoms with E-state index < -0.39 is 17.7 Å². The summed E-state index contributed by atoms with van der Waals surface area (Å²) in [4.78, 5) is 31.6. The number of ether oxygens (including phenoxy) is 1. The molecule has 1 fully saturated rings. The molecule has 1 aromatic heterocycles. The van der Waals surface area contributed by atoms with Gasteiger partial charge < -0.3 is 19.7 Å². The van der Waals surface area contributed by atoms with Crippen molar-refractivity contribution in [3.8, 4) is 5.75 Å². The predicted molar refractivity (Wildman–Crippen MR) is 139 cm³/mol. The Morgan fingerprint density at radius 3 is 2.38 bits per heavy atom. The highest BCUT2D eigenvalue weighted by Crippen LogP contribution is 2.44. The third-order valence-corrected chi connectivity index (χ3v) is 6.52. The summed E-state index contributed by atoms with van der Waals surface area (Å²) in [5.74, 6) is -1.50. The van der Waals surface area contributed by atoms with E-state index in [9.17, 15) is 19.1 Å². The number of fused-ring (bicyclic) bond motifs is 1. The summed E-state index contributed by atoms with van der Waals surface area (Å²) in [5, 5.41) is 12.3. The zero-order chi connectivity index (χ0) is 26.3. The number of aromatic nitrogens is 1. The summed E-state index contributed by atoms with van der Waals surface area (Å²) >= 11 is 0. The van der Waals surface area contributed by atoms with Crippen LogP contribution in [0.4, 0.5) is 4.39 Å². The molecule has 0 radical (unpaired) electrons. The number of aryl methyl sites for hydroxylation is 1. The van der Waals surface area contributed by atoms with Crippen LogP contribution in [-0.2, 0) is 16.1 Å². The second-order valence-corrected chi connectivity index (χ2v) is 9.45. The van der Waals surface area contributed by atoms with E-state index in [1.165, 1.54) is 17.0 Å². The number of aromatic amines is 1. The third kappa shape index (κ3) is 4.48. The maximum absolute atomic E-state index is 13.5. The van der Waals surface area contributed by atoms with Gasteiger partial charge >= 0.3 is 0 Å². The van der Waals surface area contributed by atoms with Crippen LogP contribution in [0.2, 0.25) is 0 Å². The number of aliphatic hydroxyl groups is 1. The van der Waals surface area contributed by atoms with Gasteiger partial charge in [0.25, 0.3) is 11.7 Å². The van der Waals surface area contributed by atoms with Gasteiger partial charge in [0.05, 0.1) is 17.7 Å². The molecule has 1 saturated heterocycles. The highest BCUT2D eigenvalue weighted by molar-refractivity contribution is 6.46. The standard InChI is InChI=1S/C30H27FN2O4/c1-17(2)37-22-14-10-20(11-15-22)28(34)26-27(25-18(3)32-24-7-5-4-6-23(24)25)33(30(36)29(26)35)16-19-8-12-21(31)13-9-19/h4-15,17,27,32,34H,16H2,1-3H3/b28-26+. The van der Waals surface area contributed by atoms with Gasteiger partial charge in [0.15, 0.2) is 0 Å². The number of nitrogens with one attached hydrogen (secondary N) is 1. The number of hydrogen-bond donors (Lipinski definition) is 2. The van der Waals surface area contributed by atoms with E-state index in [0.29, 0.717) is 16.9 Å². The molecule has 2 N–H and O–H groups in total. The van der Waals surface area contributed by atoms with Crippen LogP contribution in [0.1, 0.15) is 42.3 Å². The second-order valence-electron chi connectivity index (χ2n) is 9.45. The zero-order valence-corrected chi connectivity index (χ0v) is 20.8. The van der Waals surface area contributed by atoms with Crippen LogP contribution in [0.5, 0.6) is 5.75 Å². The number of halogens is 1. The lowest BCUT2D eigenvalue weighted by molar-refractivity contribution is -0.140. The Bertz CT molecular complexity index is 1520. The molecule has 2 heterocycles. The Morgan fingerprint density at radius 2 is 1.70 bits per heavy atom. The number of para-hydroxylation sites is 1. The fourth-order valence-corrected chi connectivity index (χ4v) is 4.90. The topological polar surface area (TPSA) is 82.6 Å². The van der Waals surface area contributed by atoms with E-state index >= 15 is 0 Å². The lowest BCUT2D eigenvalue weighted by Gasteiger charge is -2.26. The number of carbonyl (C=O) groups is 2. The van der Waals surface area contributed by atoms with Crippen molar-refractivity contribution in [3.63, 3.8) is 0 Å². The smallest absolute Gasteiger partial charge is 0.295 e. The molecule has 0 spiro atoms. The SMILES string of the molecule is Cc1[nH]c2ccccc2c1C1/C(=C(\O)c2ccc(OC(C)C)cc2)C(=O)C(=O)N1Cc1ccc(F)cc1. The molecule has 37 heavy (non-hydrogen) atoms. The van der Waals surface area contributed by atoms with Crippen molar-refractivity contribution in [3.05, 3.63) is 107 Å². The summed E-state index contributed by atoms with van der Waals surface area (Å²) < 4.78 is 19.2. The number of aliphatic hydroxyl groups excluding tert-OH is 1. The highest BCUT2D eigenvalue weighted by atomic mass is 19.1. The van der Waals surface area contributed by atoms with Crippen molar-refractivity contribution in [1.29, 1.82) is 0 Å². The minimum atomic E-state index is -0.840. The molecule has 3 aromatic carbocycles. The number of carbonyl (C=O) groups excluding carboxylic acids is 2. The van der Waals surface area contributed by atoms with E-state index in [-0.39, 0.29) is 29.8 Å². The predicted octanol–water partition coefficient (Wildman–Crippen LogP) is 6.02. The first kappa shape index (κ1) is 24.3. The summed E-state index contributed by atoms with van der Waals surface area (Å²) in [5.41, 5.74) is 3.46. The largest absolute Gasteiger partial charge is 0.507 e. The highest BCUT2D eigenvalue weighted by Gasteiger charge is 2.47. The zero-order valence-electron chi connectivity index (χ0n) is 20.8. The van der Waals surface area contributed by atoms with Gasteiger partial charge in [0, 0.05) is 34.3 Å². The quantitative estimate of drug-likeness (QED) is 0.193. The molecule has 188 valence electrons. The first-order valence-electron chi connectivity index (χ1n) is 12.1. The van der Waals surface area contributed by atoms with E-state index in [0.717, 1.165) is 22.2 Å². The van der Waals surface area contributed by atoms with Gasteiger partial charge in [-0.15, -0.1) is 0 Å². The Hall–Kier alpha value is -4.39. The first-order valence-corrected chi connectivity index (χ1v) is 12.1. The van der Waals surface area contributed by atoms with Crippen LogP contribution in [0.15, 0.2) is 78.4 Å². The fraction of sp³-hybridized carbons (Fsp3) is 0.200. The molecular weight excluding hydrogens is 471 g/mol. The molecular formula is C30H27FN2O4. The van der Waals surface area contributed by atoms with Gasteiger partial charge in [-0.3, -0.25) is 9.59 Å². The lowest BCUT2D eigenvalue weighted by atomic mass is 9.93. The number of H-pyrrole nitrogens is 1. The molecule has 0 saturated carbocycles. The summed E-state index contributed by atoms with van der Waals surface area (Å²) in [6, 6.07) is 19.4. The van der Waals surface area contributed by atoms with Gasteiger partial charge in [-0.1, -0.05) is 30.3 Å². The third-order valence-electron chi connectivity index (χ3n) is 6.52. The minimum absolute atomic E-state index is 0.0116. The molecule has 4 aromatic rings. The number of amides is 1. The molecule has 1 aliphatic rings. The Kier molecular flexibility index (Phi) is 6.29. The maximum atomic E-state index is 13.5. The number of ketones is 1. The van der Waals surface area contributed by atoms with Gasteiger partial charge in [-0.05, 0) is 68.8 Å².